The summed E-state index contributed by atoms with van der Waals surface area (Å²) in [6, 6.07) is 24.7. The molecule has 0 aliphatic rings. The molecule has 1 unspecified atom stereocenters. The van der Waals surface area contributed by atoms with Crippen LogP contribution in [0, 0.1) is 0 Å². The molecule has 0 saturated heterocycles. The minimum atomic E-state index is -3.84. The Morgan fingerprint density at radius 2 is 1.51 bits per heavy atom. The average Bonchev–Trinajstić information content (AvgIpc) is 2.87. The number of hydrogen-bond acceptors (Lipinski definition) is 5. The molecule has 2 atom stereocenters. The van der Waals surface area contributed by atoms with Crippen LogP contribution in [-0.4, -0.2) is 38.3 Å². The zero-order chi connectivity index (χ0) is 25.1. The highest BCUT2D eigenvalue weighted by Gasteiger charge is 2.25. The van der Waals surface area contributed by atoms with Gasteiger partial charge >= 0.3 is 6.09 Å². The number of sulfonamides is 1. The van der Waals surface area contributed by atoms with Gasteiger partial charge in [-0.3, -0.25) is 0 Å². The van der Waals surface area contributed by atoms with Crippen molar-refractivity contribution in [3.63, 3.8) is 0 Å². The molecule has 3 aromatic rings. The first-order valence-electron chi connectivity index (χ1n) is 11.7. The van der Waals surface area contributed by atoms with Crippen LogP contribution in [0.4, 0.5) is 4.79 Å². The van der Waals surface area contributed by atoms with Gasteiger partial charge in [-0.2, -0.15) is 0 Å². The lowest BCUT2D eigenvalue weighted by atomic mass is 10.0. The van der Waals surface area contributed by atoms with Crippen LogP contribution in [0.1, 0.15) is 30.0 Å². The highest BCUT2D eigenvalue weighted by molar-refractivity contribution is 7.89. The number of hydrogen-bond donors (Lipinski definition) is 3. The molecule has 0 spiro atoms. The topological polar surface area (TPSA) is 105 Å². The van der Waals surface area contributed by atoms with Gasteiger partial charge in [0.05, 0.1) is 17.0 Å². The highest BCUT2D eigenvalue weighted by atomic mass is 32.2. The molecule has 0 heterocycles. The van der Waals surface area contributed by atoms with E-state index < -0.39 is 28.3 Å². The molecule has 0 aliphatic heterocycles. The van der Waals surface area contributed by atoms with Gasteiger partial charge < -0.3 is 15.2 Å². The van der Waals surface area contributed by atoms with Crippen molar-refractivity contribution in [2.45, 2.75) is 49.8 Å². The van der Waals surface area contributed by atoms with Gasteiger partial charge in [0.15, 0.2) is 0 Å². The van der Waals surface area contributed by atoms with Gasteiger partial charge in [-0.15, -0.1) is 0 Å². The van der Waals surface area contributed by atoms with Gasteiger partial charge in [-0.25, -0.2) is 17.9 Å². The van der Waals surface area contributed by atoms with E-state index in [1.54, 1.807) is 24.3 Å². The van der Waals surface area contributed by atoms with Crippen molar-refractivity contribution < 1.29 is 23.1 Å². The van der Waals surface area contributed by atoms with Gasteiger partial charge in [0.2, 0.25) is 10.0 Å². The van der Waals surface area contributed by atoms with Crippen LogP contribution in [-0.2, 0) is 34.2 Å². The minimum Gasteiger partial charge on any atom is -0.445 e. The lowest BCUT2D eigenvalue weighted by molar-refractivity contribution is 0.103. The summed E-state index contributed by atoms with van der Waals surface area (Å²) >= 11 is 0. The Kier molecular flexibility index (Phi) is 9.84. The summed E-state index contributed by atoms with van der Waals surface area (Å²) in [7, 11) is -3.84. The number of aliphatic hydroxyl groups excluding tert-OH is 1. The smallest absolute Gasteiger partial charge is 0.407 e. The van der Waals surface area contributed by atoms with Gasteiger partial charge in [-0.05, 0) is 35.6 Å². The van der Waals surface area contributed by atoms with E-state index in [4.69, 9.17) is 4.74 Å². The van der Waals surface area contributed by atoms with Crippen molar-refractivity contribution in [2.24, 2.45) is 0 Å². The van der Waals surface area contributed by atoms with Crippen LogP contribution in [0.5, 0.6) is 0 Å². The number of carbonyl (C=O) groups excluding carboxylic acids is 1. The maximum Gasteiger partial charge on any atom is 0.407 e. The number of aliphatic hydroxyl groups is 1. The maximum absolute atomic E-state index is 13.0. The number of nitrogens with one attached hydrogen (secondary N) is 2. The van der Waals surface area contributed by atoms with E-state index in [-0.39, 0.29) is 18.0 Å². The molecule has 3 N–H and O–H groups in total. The Balaban J connectivity index is 1.67. The third-order valence-electron chi connectivity index (χ3n) is 5.54. The van der Waals surface area contributed by atoms with Crippen LogP contribution < -0.4 is 10.0 Å². The second kappa shape index (κ2) is 13.0. The van der Waals surface area contributed by atoms with Crippen LogP contribution in [0.2, 0.25) is 0 Å². The minimum absolute atomic E-state index is 0.0850. The van der Waals surface area contributed by atoms with Crippen LogP contribution in [0.15, 0.2) is 89.8 Å². The number of carbonyl (C=O) groups is 1. The van der Waals surface area contributed by atoms with Crippen molar-refractivity contribution in [3.05, 3.63) is 102 Å². The molecule has 0 fully saturated rings. The van der Waals surface area contributed by atoms with Crippen molar-refractivity contribution in [1.82, 2.24) is 10.0 Å². The highest BCUT2D eigenvalue weighted by Crippen LogP contribution is 2.17. The Bertz CT molecular complexity index is 1170. The third kappa shape index (κ3) is 8.20. The molecular weight excluding hydrogens is 464 g/mol. The predicted molar refractivity (Wildman–Crippen MR) is 135 cm³/mol. The summed E-state index contributed by atoms with van der Waals surface area (Å²) < 4.78 is 33.7. The maximum atomic E-state index is 13.0. The van der Waals surface area contributed by atoms with Crippen molar-refractivity contribution in [1.29, 1.82) is 0 Å². The van der Waals surface area contributed by atoms with E-state index in [1.807, 2.05) is 67.6 Å². The molecule has 8 heteroatoms. The van der Waals surface area contributed by atoms with Crippen LogP contribution in [0.3, 0.4) is 0 Å². The molecule has 0 saturated carbocycles. The van der Waals surface area contributed by atoms with E-state index in [9.17, 15) is 18.3 Å². The van der Waals surface area contributed by atoms with Gasteiger partial charge in [0, 0.05) is 6.54 Å². The van der Waals surface area contributed by atoms with Gasteiger partial charge in [0.25, 0.3) is 0 Å². The summed E-state index contributed by atoms with van der Waals surface area (Å²) in [4.78, 5) is 12.7. The zero-order valence-corrected chi connectivity index (χ0v) is 20.6. The summed E-state index contributed by atoms with van der Waals surface area (Å²) in [5.41, 5.74) is 2.44. The molecule has 3 rings (SSSR count). The van der Waals surface area contributed by atoms with E-state index in [0.717, 1.165) is 23.1 Å². The van der Waals surface area contributed by atoms with E-state index in [1.165, 1.54) is 0 Å². The Labute approximate surface area is 207 Å². The molecular formula is C27H32N2O5S. The molecule has 0 aromatic heterocycles. The summed E-state index contributed by atoms with van der Waals surface area (Å²) in [5.74, 6) is 0. The molecule has 0 radical (unpaired) electrons. The number of alkyl carbamates (subject to hydrolysis) is 1. The van der Waals surface area contributed by atoms with E-state index in [2.05, 4.69) is 10.0 Å². The molecule has 0 aliphatic carbocycles. The molecule has 3 aromatic carbocycles. The van der Waals surface area contributed by atoms with Gasteiger partial charge in [-0.1, -0.05) is 92.2 Å². The second-order valence-corrected chi connectivity index (χ2v) is 10.0. The number of aryl methyl sites for hydroxylation is 1. The molecule has 7 nitrogen and oxygen atoms in total. The quantitative estimate of drug-likeness (QED) is 0.354. The summed E-state index contributed by atoms with van der Waals surface area (Å²) in [6.07, 6.45) is -0.136. The standard InChI is InChI=1S/C27H32N2O5S/c1-2-11-23-16-9-10-17-26(23)35(32,33)28-19-25(30)24(18-21-12-5-3-6-13-21)29-27(31)34-20-22-14-7-4-8-15-22/h3-10,12-17,24-25,28,30H,2,11,18-20H2,1H3,(H,29,31)/t24?,25-/m1/s1. The molecule has 1 amide bonds. The van der Waals surface area contributed by atoms with Gasteiger partial charge in [0.1, 0.15) is 6.61 Å². The fraction of sp³-hybridized carbons (Fsp3) is 0.296. The Morgan fingerprint density at radius 1 is 0.914 bits per heavy atom. The zero-order valence-electron chi connectivity index (χ0n) is 19.8. The first kappa shape index (κ1) is 26.4. The Morgan fingerprint density at radius 3 is 2.17 bits per heavy atom. The first-order valence-corrected chi connectivity index (χ1v) is 13.1. The number of benzene rings is 3. The van der Waals surface area contributed by atoms with E-state index >= 15 is 0 Å². The van der Waals surface area contributed by atoms with Crippen LogP contribution in [0.25, 0.3) is 0 Å². The fourth-order valence-electron chi connectivity index (χ4n) is 3.72. The predicted octanol–water partition coefficient (Wildman–Crippen LogP) is 3.82. The number of rotatable bonds is 12. The first-order chi connectivity index (χ1) is 16.9. The lowest BCUT2D eigenvalue weighted by Gasteiger charge is -2.24. The largest absolute Gasteiger partial charge is 0.445 e. The van der Waals surface area contributed by atoms with Crippen molar-refractivity contribution >= 4 is 16.1 Å². The summed E-state index contributed by atoms with van der Waals surface area (Å²) in [6.45, 7) is 1.80. The van der Waals surface area contributed by atoms with E-state index in [0.29, 0.717) is 12.8 Å². The fourth-order valence-corrected chi connectivity index (χ4v) is 5.04. The number of amides is 1. The lowest BCUT2D eigenvalue weighted by Crippen LogP contribution is -2.49. The van der Waals surface area contributed by atoms with Crippen LogP contribution >= 0.6 is 0 Å². The summed E-state index contributed by atoms with van der Waals surface area (Å²) in [5, 5.41) is 13.6. The monoisotopic (exact) mass is 496 g/mol. The number of ether oxygens (including phenoxy) is 1. The SMILES string of the molecule is CCCc1ccccc1S(=O)(=O)NC[C@@H](O)C(Cc1ccccc1)NC(=O)OCc1ccccc1. The van der Waals surface area contributed by atoms with Crippen molar-refractivity contribution in [3.8, 4) is 0 Å². The average molecular weight is 497 g/mol. The molecule has 186 valence electrons. The normalized spacial score (nSPS) is 13.1. The third-order valence-corrected chi connectivity index (χ3v) is 7.07. The molecule has 35 heavy (non-hydrogen) atoms. The Hall–Kier alpha value is -3.20. The second-order valence-electron chi connectivity index (χ2n) is 8.28. The molecule has 0 bridgehead atoms. The van der Waals surface area contributed by atoms with Crippen molar-refractivity contribution in [2.75, 3.05) is 6.54 Å².